The van der Waals surface area contributed by atoms with E-state index in [0.29, 0.717) is 11.3 Å². The Bertz CT molecular complexity index is 694. The molecular weight excluding hydrogens is 260 g/mol. The largest absolute Gasteiger partial charge is 0.423 e. The van der Waals surface area contributed by atoms with Crippen LogP contribution in [0.1, 0.15) is 25.8 Å². The number of hydrogen-bond acceptors (Lipinski definition) is 2. The first-order valence-corrected chi connectivity index (χ1v) is 6.84. The maximum atomic E-state index is 11.5. The van der Waals surface area contributed by atoms with Gasteiger partial charge in [-0.3, -0.25) is 0 Å². The molecule has 0 amide bonds. The third kappa shape index (κ3) is 3.07. The van der Waals surface area contributed by atoms with Gasteiger partial charge in [0.1, 0.15) is 5.42 Å². The van der Waals surface area contributed by atoms with E-state index < -0.39 is 0 Å². The third-order valence-corrected chi connectivity index (χ3v) is 3.53. The zero-order valence-corrected chi connectivity index (χ0v) is 11.9. The molecule has 0 bridgehead atoms. The summed E-state index contributed by atoms with van der Waals surface area (Å²) in [5.41, 5.74) is 0.985. The quantitative estimate of drug-likeness (QED) is 0.627. The van der Waals surface area contributed by atoms with Crippen LogP contribution in [0.4, 0.5) is 0 Å². The number of allylic oxidation sites excluding steroid dienone is 4. The fourth-order valence-corrected chi connectivity index (χ4v) is 2.42. The molecule has 1 unspecified atom stereocenters. The summed E-state index contributed by atoms with van der Waals surface area (Å²) in [6, 6.07) is 1.47. The predicted molar refractivity (Wildman–Crippen MR) is 79.4 cm³/mol. The number of alkyl halides is 1. The van der Waals surface area contributed by atoms with Crippen LogP contribution < -0.4 is 16.3 Å². The Kier molecular flexibility index (Phi) is 4.11. The molecule has 3 heteroatoms. The van der Waals surface area contributed by atoms with Crippen LogP contribution in [0.5, 0.6) is 0 Å². The zero-order chi connectivity index (χ0) is 13.9. The van der Waals surface area contributed by atoms with E-state index in [9.17, 15) is 4.79 Å². The fourth-order valence-electron chi connectivity index (χ4n) is 2.20. The lowest BCUT2D eigenvalue weighted by molar-refractivity contribution is 0.456. The van der Waals surface area contributed by atoms with Crippen LogP contribution in [0.25, 0.3) is 12.2 Å². The van der Waals surface area contributed by atoms with E-state index in [1.807, 2.05) is 31.2 Å². The van der Waals surface area contributed by atoms with Gasteiger partial charge in [-0.1, -0.05) is 37.3 Å². The van der Waals surface area contributed by atoms with Crippen molar-refractivity contribution in [3.8, 4) is 0 Å². The molecule has 0 fully saturated rings. The van der Waals surface area contributed by atoms with Crippen molar-refractivity contribution in [2.45, 2.75) is 26.1 Å². The lowest BCUT2D eigenvalue weighted by Crippen LogP contribution is -2.37. The van der Waals surface area contributed by atoms with Crippen LogP contribution in [0, 0.1) is 5.41 Å². The van der Waals surface area contributed by atoms with E-state index in [4.69, 9.17) is 16.0 Å². The topological polar surface area (TPSA) is 30.2 Å². The van der Waals surface area contributed by atoms with E-state index in [0.717, 1.165) is 17.2 Å². The highest BCUT2D eigenvalue weighted by Crippen LogP contribution is 2.27. The molecule has 0 N–H and O–H groups in total. The summed E-state index contributed by atoms with van der Waals surface area (Å²) >= 11 is 5.87. The number of halogens is 1. The smallest absolute Gasteiger partial charge is 0.336 e. The van der Waals surface area contributed by atoms with Gasteiger partial charge in [0.25, 0.3) is 0 Å². The number of hydrogen-bond donors (Lipinski definition) is 0. The minimum absolute atomic E-state index is 0.132. The molecule has 1 atom stereocenters. The van der Waals surface area contributed by atoms with E-state index in [-0.39, 0.29) is 11.0 Å². The van der Waals surface area contributed by atoms with Gasteiger partial charge < -0.3 is 4.42 Å². The van der Waals surface area contributed by atoms with Crippen molar-refractivity contribution in [3.63, 3.8) is 0 Å². The highest BCUT2D eigenvalue weighted by atomic mass is 35.5. The predicted octanol–water partition coefficient (Wildman–Crippen LogP) is 2.48. The van der Waals surface area contributed by atoms with E-state index in [2.05, 4.69) is 19.1 Å². The van der Waals surface area contributed by atoms with Gasteiger partial charge in [0.05, 0.1) is 0 Å². The zero-order valence-electron chi connectivity index (χ0n) is 11.2. The third-order valence-electron chi connectivity index (χ3n) is 3.25. The molecule has 1 heterocycles. The molecule has 0 aromatic carbocycles. The molecule has 0 aliphatic heterocycles. The second-order valence-corrected chi connectivity index (χ2v) is 5.21. The summed E-state index contributed by atoms with van der Waals surface area (Å²) in [7, 11) is 0. The van der Waals surface area contributed by atoms with Gasteiger partial charge in [0.2, 0.25) is 0 Å². The summed E-state index contributed by atoms with van der Waals surface area (Å²) in [6.45, 7) is 4.09. The van der Waals surface area contributed by atoms with Crippen molar-refractivity contribution in [2.24, 2.45) is 5.41 Å². The van der Waals surface area contributed by atoms with Gasteiger partial charge in [0.15, 0.2) is 0 Å². The molecule has 0 radical (unpaired) electrons. The summed E-state index contributed by atoms with van der Waals surface area (Å²) in [5.74, 6) is 0.323. The van der Waals surface area contributed by atoms with Crippen LogP contribution in [0.2, 0.25) is 0 Å². The van der Waals surface area contributed by atoms with Crippen molar-refractivity contribution in [1.82, 2.24) is 0 Å². The number of rotatable bonds is 3. The van der Waals surface area contributed by atoms with Gasteiger partial charge in [-0.05, 0) is 25.0 Å². The lowest BCUT2D eigenvalue weighted by atomic mass is 9.83. The van der Waals surface area contributed by atoms with E-state index >= 15 is 0 Å². The average Bonchev–Trinajstić information content (AvgIpc) is 2.37. The lowest BCUT2D eigenvalue weighted by Gasteiger charge is -2.22. The van der Waals surface area contributed by atoms with Crippen LogP contribution in [-0.2, 0) is 5.88 Å². The van der Waals surface area contributed by atoms with Crippen molar-refractivity contribution < 1.29 is 4.42 Å². The van der Waals surface area contributed by atoms with Gasteiger partial charge >= 0.3 is 5.63 Å². The minimum atomic E-state index is -0.347. The average molecular weight is 277 g/mol. The first-order chi connectivity index (χ1) is 9.08. The summed E-state index contributed by atoms with van der Waals surface area (Å²) in [4.78, 5) is 11.5. The normalized spacial score (nSPS) is 22.3. The maximum absolute atomic E-state index is 11.5. The van der Waals surface area contributed by atoms with Crippen LogP contribution >= 0.6 is 11.6 Å². The highest BCUT2D eigenvalue weighted by molar-refractivity contribution is 6.17. The number of fused-ring (bicyclic) bond motifs is 1. The molecule has 19 heavy (non-hydrogen) atoms. The van der Waals surface area contributed by atoms with E-state index in [1.165, 1.54) is 6.07 Å². The molecule has 1 aromatic heterocycles. The molecule has 1 aromatic rings. The molecule has 0 saturated carbocycles. The Hall–Kier alpha value is -1.54. The molecule has 2 rings (SSSR count). The van der Waals surface area contributed by atoms with Gasteiger partial charge in [-0.15, -0.1) is 11.6 Å². The van der Waals surface area contributed by atoms with Crippen LogP contribution in [0.15, 0.2) is 39.6 Å². The summed E-state index contributed by atoms with van der Waals surface area (Å²) in [6.07, 6.45) is 13.0. The molecule has 0 saturated heterocycles. The Morgan fingerprint density at radius 3 is 2.95 bits per heavy atom. The Morgan fingerprint density at radius 2 is 2.26 bits per heavy atom. The van der Waals surface area contributed by atoms with Gasteiger partial charge in [-0.2, -0.15) is 0 Å². The van der Waals surface area contributed by atoms with Crippen LogP contribution in [0.3, 0.4) is 0 Å². The minimum Gasteiger partial charge on any atom is -0.423 e. The summed E-state index contributed by atoms with van der Waals surface area (Å²) < 4.78 is 5.29. The molecule has 1 aliphatic carbocycles. The molecule has 100 valence electrons. The van der Waals surface area contributed by atoms with Gasteiger partial charge in [0, 0.05) is 22.6 Å². The molecule has 2 nitrogen and oxygen atoms in total. The standard InChI is InChI=1S/C16H17ClO2/c1-3-4-5-7-16(2)8-6-13-12(11-17)9-15(18)19-14(13)10-16/h3-7,9-10H,8,11H2,1-2H3/b4-3-,7-5-. The van der Waals surface area contributed by atoms with Gasteiger partial charge in [-0.25, -0.2) is 4.79 Å². The van der Waals surface area contributed by atoms with E-state index in [1.54, 1.807) is 0 Å². The Morgan fingerprint density at radius 1 is 1.47 bits per heavy atom. The van der Waals surface area contributed by atoms with Crippen molar-refractivity contribution >= 4 is 23.8 Å². The second kappa shape index (κ2) is 5.62. The highest BCUT2D eigenvalue weighted by Gasteiger charge is 2.20. The molecule has 1 aliphatic rings. The summed E-state index contributed by atoms with van der Waals surface area (Å²) in [5, 5.41) is 0.950. The SMILES string of the molecule is C/C=C\C=C/C1(C)C=c2oc(=O)cc(CCl)c2=CC1. The first kappa shape index (κ1) is 13.9. The first-order valence-electron chi connectivity index (χ1n) is 6.30. The molecular formula is C16H17ClO2. The monoisotopic (exact) mass is 276 g/mol. The second-order valence-electron chi connectivity index (χ2n) is 4.95. The Labute approximate surface area is 117 Å². The molecule has 0 spiro atoms. The van der Waals surface area contributed by atoms with Crippen molar-refractivity contribution in [1.29, 1.82) is 0 Å². The fraction of sp³-hybridized carbons (Fsp3) is 0.312. The maximum Gasteiger partial charge on any atom is 0.336 e. The van der Waals surface area contributed by atoms with Crippen molar-refractivity contribution in [2.75, 3.05) is 0 Å². The Balaban J connectivity index is 2.56. The van der Waals surface area contributed by atoms with Crippen LogP contribution in [-0.4, -0.2) is 0 Å². The van der Waals surface area contributed by atoms with Crippen molar-refractivity contribution in [3.05, 3.63) is 57.0 Å².